The number of nitrogens with zero attached hydrogens (tertiary/aromatic N) is 5. The van der Waals surface area contributed by atoms with E-state index in [0.29, 0.717) is 16.8 Å². The first-order valence-electron chi connectivity index (χ1n) is 6.00. The molecule has 0 unspecified atom stereocenters. The molecular weight excluding hydrogens is 258 g/mol. The fraction of sp³-hybridized carbons (Fsp3) is 0.154. The lowest BCUT2D eigenvalue weighted by atomic mass is 10.1. The van der Waals surface area contributed by atoms with Crippen molar-refractivity contribution in [3.05, 3.63) is 51.9 Å². The number of benzene rings is 1. The number of aromatic nitrogens is 4. The fourth-order valence-electron chi connectivity index (χ4n) is 1.84. The second-order valence-corrected chi connectivity index (χ2v) is 4.28. The van der Waals surface area contributed by atoms with E-state index in [4.69, 9.17) is 4.52 Å². The van der Waals surface area contributed by atoms with Crippen molar-refractivity contribution in [2.45, 2.75) is 13.8 Å². The van der Waals surface area contributed by atoms with Gasteiger partial charge in [-0.15, -0.1) is 0 Å². The third kappa shape index (κ3) is 1.99. The van der Waals surface area contributed by atoms with E-state index < -0.39 is 5.56 Å². The van der Waals surface area contributed by atoms with Crippen LogP contribution in [-0.2, 0) is 0 Å². The molecule has 1 aromatic carbocycles. The predicted molar refractivity (Wildman–Crippen MR) is 72.6 cm³/mol. The Balaban J connectivity index is 2.14. The zero-order chi connectivity index (χ0) is 14.1. The quantitative estimate of drug-likeness (QED) is 0.655. The molecule has 2 aromatic heterocycles. The third-order valence-electron chi connectivity index (χ3n) is 2.90. The summed E-state index contributed by atoms with van der Waals surface area (Å²) in [5, 5.41) is 15.7. The van der Waals surface area contributed by atoms with Gasteiger partial charge in [-0.1, -0.05) is 45.4 Å². The monoisotopic (exact) mass is 269 g/mol. The standard InChI is InChI=1S/C13H11N5O2/c1-8(10-6-4-3-5-7-10)15-18-13(19)11-9(2)16-20-12(11)14-17-18/h3-7H,1-2H3/b15-8+. The van der Waals surface area contributed by atoms with E-state index in [-0.39, 0.29) is 5.71 Å². The summed E-state index contributed by atoms with van der Waals surface area (Å²) in [6.07, 6.45) is 0. The van der Waals surface area contributed by atoms with Crippen LogP contribution in [0.1, 0.15) is 18.2 Å². The van der Waals surface area contributed by atoms with E-state index in [1.54, 1.807) is 13.8 Å². The van der Waals surface area contributed by atoms with Gasteiger partial charge in [0.25, 0.3) is 5.71 Å². The highest BCUT2D eigenvalue weighted by Crippen LogP contribution is 2.08. The SMILES string of the molecule is C/C(=N\n1nnc2onc(C)c2c1=O)c1ccccc1. The maximum absolute atomic E-state index is 12.2. The lowest BCUT2D eigenvalue weighted by Gasteiger charge is -2.00. The number of aryl methyl sites for hydroxylation is 1. The minimum absolute atomic E-state index is 0.122. The molecule has 0 bridgehead atoms. The molecule has 0 aliphatic rings. The minimum Gasteiger partial charge on any atom is -0.334 e. The molecular formula is C13H11N5O2. The minimum atomic E-state index is -0.399. The molecule has 20 heavy (non-hydrogen) atoms. The first-order chi connectivity index (χ1) is 9.66. The van der Waals surface area contributed by atoms with Gasteiger partial charge < -0.3 is 4.52 Å². The van der Waals surface area contributed by atoms with Crippen LogP contribution in [0.5, 0.6) is 0 Å². The Morgan fingerprint density at radius 2 is 2.05 bits per heavy atom. The van der Waals surface area contributed by atoms with Gasteiger partial charge in [-0.25, -0.2) is 0 Å². The molecule has 3 rings (SSSR count). The number of hydrogen-bond donors (Lipinski definition) is 0. The van der Waals surface area contributed by atoms with E-state index in [1.807, 2.05) is 30.3 Å². The van der Waals surface area contributed by atoms with Gasteiger partial charge in [0.1, 0.15) is 5.39 Å². The molecule has 7 nitrogen and oxygen atoms in total. The highest BCUT2D eigenvalue weighted by atomic mass is 16.5. The molecule has 0 atom stereocenters. The molecule has 0 aliphatic heterocycles. The Kier molecular flexibility index (Phi) is 2.86. The highest BCUT2D eigenvalue weighted by Gasteiger charge is 2.13. The molecule has 0 N–H and O–H groups in total. The second kappa shape index (κ2) is 4.69. The Morgan fingerprint density at radius 1 is 1.30 bits per heavy atom. The number of fused-ring (bicyclic) bond motifs is 1. The summed E-state index contributed by atoms with van der Waals surface area (Å²) in [6.45, 7) is 3.47. The zero-order valence-electron chi connectivity index (χ0n) is 10.9. The van der Waals surface area contributed by atoms with E-state index >= 15 is 0 Å². The molecule has 100 valence electrons. The van der Waals surface area contributed by atoms with Crippen molar-refractivity contribution >= 4 is 16.8 Å². The van der Waals surface area contributed by atoms with Crippen molar-refractivity contribution in [2.24, 2.45) is 5.10 Å². The van der Waals surface area contributed by atoms with Crippen LogP contribution in [0.4, 0.5) is 0 Å². The van der Waals surface area contributed by atoms with E-state index in [9.17, 15) is 4.79 Å². The van der Waals surface area contributed by atoms with Gasteiger partial charge in [0.2, 0.25) is 0 Å². The Bertz CT molecular complexity index is 848. The highest BCUT2D eigenvalue weighted by molar-refractivity contribution is 5.98. The van der Waals surface area contributed by atoms with Crippen molar-refractivity contribution in [3.63, 3.8) is 0 Å². The maximum Gasteiger partial charge on any atom is 0.304 e. The molecule has 0 amide bonds. The molecule has 2 heterocycles. The van der Waals surface area contributed by atoms with Crippen LogP contribution in [0.2, 0.25) is 0 Å². The smallest absolute Gasteiger partial charge is 0.304 e. The van der Waals surface area contributed by atoms with Crippen molar-refractivity contribution in [1.29, 1.82) is 0 Å². The molecule has 0 saturated heterocycles. The van der Waals surface area contributed by atoms with Gasteiger partial charge in [0, 0.05) is 0 Å². The summed E-state index contributed by atoms with van der Waals surface area (Å²) in [6, 6.07) is 9.52. The summed E-state index contributed by atoms with van der Waals surface area (Å²) < 4.78 is 4.89. The Hall–Kier alpha value is -2.83. The summed E-state index contributed by atoms with van der Waals surface area (Å²) in [5.74, 6) is 0. The molecule has 0 aliphatic carbocycles. The van der Waals surface area contributed by atoms with Gasteiger partial charge >= 0.3 is 5.56 Å². The lowest BCUT2D eigenvalue weighted by molar-refractivity contribution is 0.436. The molecule has 0 spiro atoms. The van der Waals surface area contributed by atoms with Crippen LogP contribution in [0.3, 0.4) is 0 Å². The fourth-order valence-corrected chi connectivity index (χ4v) is 1.84. The van der Waals surface area contributed by atoms with E-state index in [1.165, 1.54) is 0 Å². The van der Waals surface area contributed by atoms with Gasteiger partial charge in [0.05, 0.1) is 11.4 Å². The number of rotatable bonds is 2. The normalized spacial score (nSPS) is 12.0. The van der Waals surface area contributed by atoms with Crippen molar-refractivity contribution < 1.29 is 4.52 Å². The van der Waals surface area contributed by atoms with Crippen molar-refractivity contribution in [3.8, 4) is 0 Å². The average Bonchev–Trinajstić information content (AvgIpc) is 2.85. The molecule has 0 saturated carbocycles. The van der Waals surface area contributed by atoms with Crippen LogP contribution in [-0.4, -0.2) is 26.0 Å². The van der Waals surface area contributed by atoms with E-state index in [0.717, 1.165) is 10.4 Å². The van der Waals surface area contributed by atoms with Gasteiger partial charge in [0.15, 0.2) is 0 Å². The summed E-state index contributed by atoms with van der Waals surface area (Å²) in [5.41, 5.74) is 1.76. The Morgan fingerprint density at radius 3 is 2.80 bits per heavy atom. The predicted octanol–water partition coefficient (Wildman–Crippen LogP) is 1.36. The first-order valence-corrected chi connectivity index (χ1v) is 6.00. The summed E-state index contributed by atoms with van der Waals surface area (Å²) >= 11 is 0. The lowest BCUT2D eigenvalue weighted by Crippen LogP contribution is -2.22. The van der Waals surface area contributed by atoms with E-state index in [2.05, 4.69) is 20.6 Å². The summed E-state index contributed by atoms with van der Waals surface area (Å²) in [4.78, 5) is 13.2. The first kappa shape index (κ1) is 12.2. The van der Waals surface area contributed by atoms with Crippen LogP contribution in [0.15, 0.2) is 44.8 Å². The second-order valence-electron chi connectivity index (χ2n) is 4.28. The van der Waals surface area contributed by atoms with Gasteiger partial charge in [-0.05, 0) is 24.6 Å². The molecule has 0 radical (unpaired) electrons. The largest absolute Gasteiger partial charge is 0.334 e. The van der Waals surface area contributed by atoms with Crippen LogP contribution >= 0.6 is 0 Å². The topological polar surface area (TPSA) is 86.2 Å². The van der Waals surface area contributed by atoms with Crippen LogP contribution < -0.4 is 5.56 Å². The van der Waals surface area contributed by atoms with Crippen LogP contribution in [0, 0.1) is 6.92 Å². The van der Waals surface area contributed by atoms with Crippen molar-refractivity contribution in [2.75, 3.05) is 0 Å². The third-order valence-corrected chi connectivity index (χ3v) is 2.90. The average molecular weight is 269 g/mol. The zero-order valence-corrected chi connectivity index (χ0v) is 10.9. The Labute approximate surface area is 113 Å². The molecule has 7 heteroatoms. The molecule has 3 aromatic rings. The maximum atomic E-state index is 12.2. The number of hydrogen-bond acceptors (Lipinski definition) is 6. The van der Waals surface area contributed by atoms with Gasteiger partial charge in [-0.3, -0.25) is 4.79 Å². The van der Waals surface area contributed by atoms with Crippen LogP contribution in [0.25, 0.3) is 11.1 Å². The summed E-state index contributed by atoms with van der Waals surface area (Å²) in [7, 11) is 0. The molecule has 0 fully saturated rings. The van der Waals surface area contributed by atoms with Gasteiger partial charge in [-0.2, -0.15) is 5.10 Å². The van der Waals surface area contributed by atoms with Crippen molar-refractivity contribution in [1.82, 2.24) is 20.3 Å².